The maximum Gasteiger partial charge on any atom is 0.317 e. The Balaban J connectivity index is 1.48. The van der Waals surface area contributed by atoms with Crippen molar-refractivity contribution in [2.24, 2.45) is 5.92 Å². The van der Waals surface area contributed by atoms with E-state index in [9.17, 15) is 14.0 Å². The van der Waals surface area contributed by atoms with Crippen LogP contribution in [-0.4, -0.2) is 54.2 Å². The summed E-state index contributed by atoms with van der Waals surface area (Å²) >= 11 is 0. The minimum Gasteiger partial charge on any atom is -0.496 e. The molecule has 0 radical (unpaired) electrons. The molecular formula is C19H25FN2O4. The molecule has 2 N–H and O–H groups in total. The lowest BCUT2D eigenvalue weighted by atomic mass is 9.85. The summed E-state index contributed by atoms with van der Waals surface area (Å²) < 4.78 is 18.6. The van der Waals surface area contributed by atoms with Gasteiger partial charge in [0.25, 0.3) is 0 Å². The fourth-order valence-electron chi connectivity index (χ4n) is 3.49. The standard InChI is InChI=1S/C19H25FN2O4/c1-26-17-5-4-14(20)6-13(17)7-18(23)21-15-8-16(9-15)22(11-19(24)25)10-12-2-3-12/h4-6,12,15-16H,2-3,7-11H2,1H3,(H,21,23)(H,24,25). The van der Waals surface area contributed by atoms with Crippen molar-refractivity contribution in [2.75, 3.05) is 20.2 Å². The van der Waals surface area contributed by atoms with Crippen LogP contribution in [0.1, 0.15) is 31.2 Å². The normalized spacial score (nSPS) is 22.0. The number of rotatable bonds is 9. The third-order valence-corrected chi connectivity index (χ3v) is 5.12. The Morgan fingerprint density at radius 3 is 2.69 bits per heavy atom. The number of methoxy groups -OCH3 is 1. The minimum absolute atomic E-state index is 0.0440. The Kier molecular flexibility index (Phi) is 5.76. The Morgan fingerprint density at radius 1 is 1.35 bits per heavy atom. The first-order chi connectivity index (χ1) is 12.4. The number of carbonyl (C=O) groups excluding carboxylic acids is 1. The van der Waals surface area contributed by atoms with E-state index in [1.165, 1.54) is 38.2 Å². The van der Waals surface area contributed by atoms with E-state index in [0.717, 1.165) is 19.4 Å². The van der Waals surface area contributed by atoms with Crippen LogP contribution in [0.3, 0.4) is 0 Å². The number of benzene rings is 1. The first-order valence-electron chi connectivity index (χ1n) is 9.02. The van der Waals surface area contributed by atoms with Gasteiger partial charge >= 0.3 is 5.97 Å². The third-order valence-electron chi connectivity index (χ3n) is 5.12. The molecule has 1 amide bonds. The molecule has 6 nitrogen and oxygen atoms in total. The van der Waals surface area contributed by atoms with Crippen molar-refractivity contribution in [3.8, 4) is 5.75 Å². The highest BCUT2D eigenvalue weighted by Gasteiger charge is 2.37. The molecule has 0 spiro atoms. The molecule has 1 aromatic carbocycles. The van der Waals surface area contributed by atoms with E-state index in [2.05, 4.69) is 5.32 Å². The lowest BCUT2D eigenvalue weighted by Crippen LogP contribution is -2.55. The average molecular weight is 364 g/mol. The van der Waals surface area contributed by atoms with Crippen molar-refractivity contribution in [2.45, 2.75) is 44.2 Å². The van der Waals surface area contributed by atoms with Crippen molar-refractivity contribution in [1.82, 2.24) is 10.2 Å². The zero-order chi connectivity index (χ0) is 18.7. The van der Waals surface area contributed by atoms with Gasteiger partial charge in [-0.25, -0.2) is 4.39 Å². The van der Waals surface area contributed by atoms with Crippen molar-refractivity contribution in [1.29, 1.82) is 0 Å². The highest BCUT2D eigenvalue weighted by molar-refractivity contribution is 5.79. The molecule has 2 aliphatic rings. The Hall–Kier alpha value is -2.15. The number of carboxylic acids is 1. The molecule has 0 unspecified atom stereocenters. The largest absolute Gasteiger partial charge is 0.496 e. The molecule has 7 heteroatoms. The molecule has 2 saturated carbocycles. The number of carbonyl (C=O) groups is 2. The molecule has 2 fully saturated rings. The predicted molar refractivity (Wildman–Crippen MR) is 93.5 cm³/mol. The van der Waals surface area contributed by atoms with Crippen molar-refractivity contribution >= 4 is 11.9 Å². The molecule has 142 valence electrons. The number of hydrogen-bond donors (Lipinski definition) is 2. The van der Waals surface area contributed by atoms with E-state index in [4.69, 9.17) is 9.84 Å². The molecule has 0 atom stereocenters. The molecule has 0 aliphatic heterocycles. The second-order valence-electron chi connectivity index (χ2n) is 7.29. The average Bonchev–Trinajstić information content (AvgIpc) is 3.33. The van der Waals surface area contributed by atoms with E-state index in [-0.39, 0.29) is 31.0 Å². The SMILES string of the molecule is COc1ccc(F)cc1CC(=O)NC1CC(N(CC(=O)O)CC2CC2)C1. The van der Waals surface area contributed by atoms with Gasteiger partial charge in [0, 0.05) is 24.2 Å². The van der Waals surface area contributed by atoms with Gasteiger partial charge in [-0.15, -0.1) is 0 Å². The molecule has 0 bridgehead atoms. The van der Waals surface area contributed by atoms with Crippen molar-refractivity contribution in [3.63, 3.8) is 0 Å². The summed E-state index contributed by atoms with van der Waals surface area (Å²) in [6.45, 7) is 0.889. The van der Waals surface area contributed by atoms with Crippen LogP contribution in [0.4, 0.5) is 4.39 Å². The van der Waals surface area contributed by atoms with Crippen LogP contribution in [-0.2, 0) is 16.0 Å². The van der Waals surface area contributed by atoms with Gasteiger partial charge in [-0.05, 0) is 49.8 Å². The summed E-state index contributed by atoms with van der Waals surface area (Å²) in [5.41, 5.74) is 0.516. The van der Waals surface area contributed by atoms with Crippen LogP contribution in [0.5, 0.6) is 5.75 Å². The number of ether oxygens (including phenoxy) is 1. The molecule has 2 aliphatic carbocycles. The Bertz CT molecular complexity index is 672. The van der Waals surface area contributed by atoms with Gasteiger partial charge in [0.2, 0.25) is 5.91 Å². The lowest BCUT2D eigenvalue weighted by Gasteiger charge is -2.42. The number of nitrogens with zero attached hydrogens (tertiary/aromatic N) is 1. The summed E-state index contributed by atoms with van der Waals surface area (Å²) in [5, 5.41) is 12.0. The number of carboxylic acid groups (broad SMARTS) is 1. The van der Waals surface area contributed by atoms with E-state index in [0.29, 0.717) is 17.2 Å². The van der Waals surface area contributed by atoms with Crippen molar-refractivity contribution in [3.05, 3.63) is 29.6 Å². The first-order valence-corrected chi connectivity index (χ1v) is 9.02. The summed E-state index contributed by atoms with van der Waals surface area (Å²) in [6.07, 6.45) is 3.93. The number of aliphatic carboxylic acids is 1. The third kappa shape index (κ3) is 4.94. The highest BCUT2D eigenvalue weighted by Crippen LogP contribution is 2.33. The minimum atomic E-state index is -0.809. The maximum atomic E-state index is 13.4. The van der Waals surface area contributed by atoms with Crippen LogP contribution >= 0.6 is 0 Å². The lowest BCUT2D eigenvalue weighted by molar-refractivity contribution is -0.140. The second kappa shape index (κ2) is 8.03. The van der Waals surface area contributed by atoms with Crippen LogP contribution < -0.4 is 10.1 Å². The van der Waals surface area contributed by atoms with Gasteiger partial charge in [0.15, 0.2) is 0 Å². The fourth-order valence-corrected chi connectivity index (χ4v) is 3.49. The second-order valence-corrected chi connectivity index (χ2v) is 7.29. The zero-order valence-electron chi connectivity index (χ0n) is 14.9. The molecular weight excluding hydrogens is 339 g/mol. The van der Waals surface area contributed by atoms with Crippen LogP contribution in [0.25, 0.3) is 0 Å². The zero-order valence-corrected chi connectivity index (χ0v) is 14.9. The number of hydrogen-bond acceptors (Lipinski definition) is 4. The smallest absolute Gasteiger partial charge is 0.317 e. The summed E-state index contributed by atoms with van der Waals surface area (Å²) in [4.78, 5) is 25.3. The van der Waals surface area contributed by atoms with Crippen LogP contribution in [0, 0.1) is 11.7 Å². The van der Waals surface area contributed by atoms with E-state index in [1.807, 2.05) is 4.90 Å². The van der Waals surface area contributed by atoms with Crippen molar-refractivity contribution < 1.29 is 23.8 Å². The van der Waals surface area contributed by atoms with Crippen LogP contribution in [0.15, 0.2) is 18.2 Å². The first kappa shape index (κ1) is 18.6. The number of nitrogens with one attached hydrogen (secondary N) is 1. The van der Waals surface area contributed by atoms with Gasteiger partial charge < -0.3 is 15.2 Å². The van der Waals surface area contributed by atoms with Crippen LogP contribution in [0.2, 0.25) is 0 Å². The van der Waals surface area contributed by atoms with Gasteiger partial charge in [0.05, 0.1) is 20.1 Å². The van der Waals surface area contributed by atoms with E-state index >= 15 is 0 Å². The molecule has 0 heterocycles. The number of halogens is 1. The fraction of sp³-hybridized carbons (Fsp3) is 0.579. The van der Waals surface area contributed by atoms with Gasteiger partial charge in [0.1, 0.15) is 11.6 Å². The van der Waals surface area contributed by atoms with E-state index in [1.54, 1.807) is 0 Å². The van der Waals surface area contributed by atoms with E-state index < -0.39 is 11.8 Å². The molecule has 0 saturated heterocycles. The Morgan fingerprint density at radius 2 is 2.08 bits per heavy atom. The quantitative estimate of drug-likeness (QED) is 0.699. The summed E-state index contributed by atoms with van der Waals surface area (Å²) in [7, 11) is 1.49. The number of amides is 1. The maximum absolute atomic E-state index is 13.4. The van der Waals surface area contributed by atoms with Gasteiger partial charge in [-0.3, -0.25) is 14.5 Å². The van der Waals surface area contributed by atoms with Gasteiger partial charge in [-0.1, -0.05) is 0 Å². The summed E-state index contributed by atoms with van der Waals surface area (Å²) in [6, 6.07) is 4.38. The summed E-state index contributed by atoms with van der Waals surface area (Å²) in [5.74, 6) is -0.268. The topological polar surface area (TPSA) is 78.9 Å². The molecule has 0 aromatic heterocycles. The highest BCUT2D eigenvalue weighted by atomic mass is 19.1. The Labute approximate surface area is 152 Å². The molecule has 26 heavy (non-hydrogen) atoms. The predicted octanol–water partition coefficient (Wildman–Crippen LogP) is 1.82. The van der Waals surface area contributed by atoms with Gasteiger partial charge in [-0.2, -0.15) is 0 Å². The monoisotopic (exact) mass is 364 g/mol. The molecule has 3 rings (SSSR count). The molecule has 1 aromatic rings.